The predicted molar refractivity (Wildman–Crippen MR) is 73.2 cm³/mol. The summed E-state index contributed by atoms with van der Waals surface area (Å²) in [6.07, 6.45) is 1.41. The van der Waals surface area contributed by atoms with Crippen molar-refractivity contribution < 1.29 is 14.7 Å². The summed E-state index contributed by atoms with van der Waals surface area (Å²) in [4.78, 5) is 27.6. The van der Waals surface area contributed by atoms with Crippen molar-refractivity contribution in [1.29, 1.82) is 0 Å². The number of amides is 1. The molecule has 0 spiro atoms. The first kappa shape index (κ1) is 13.5. The van der Waals surface area contributed by atoms with Crippen LogP contribution in [0.2, 0.25) is 5.02 Å². The third kappa shape index (κ3) is 3.10. The summed E-state index contributed by atoms with van der Waals surface area (Å²) >= 11 is 6.96. The molecule has 1 amide bonds. The Morgan fingerprint density at radius 1 is 1.42 bits per heavy atom. The number of halogens is 1. The van der Waals surface area contributed by atoms with Gasteiger partial charge in [0.15, 0.2) is 0 Å². The third-order valence-electron chi connectivity index (χ3n) is 2.27. The Balaban J connectivity index is 2.26. The zero-order valence-corrected chi connectivity index (χ0v) is 11.4. The fraction of sp³-hybridized carbons (Fsp3) is 0.0833. The van der Waals surface area contributed by atoms with Gasteiger partial charge in [0.1, 0.15) is 10.7 Å². The van der Waals surface area contributed by atoms with Gasteiger partial charge in [-0.15, -0.1) is 11.3 Å². The number of carbonyl (C=O) groups excluding carboxylic acids is 1. The second-order valence-corrected chi connectivity index (χ2v) is 5.41. The minimum absolute atomic E-state index is 0.0675. The molecule has 0 saturated carbocycles. The molecule has 0 atom stereocenters. The van der Waals surface area contributed by atoms with E-state index < -0.39 is 11.9 Å². The number of anilines is 1. The van der Waals surface area contributed by atoms with Gasteiger partial charge in [-0.1, -0.05) is 11.6 Å². The fourth-order valence-electron chi connectivity index (χ4n) is 1.46. The number of hydrogen-bond acceptors (Lipinski definition) is 4. The van der Waals surface area contributed by atoms with Crippen LogP contribution in [0.25, 0.3) is 0 Å². The monoisotopic (exact) mass is 296 g/mol. The quantitative estimate of drug-likeness (QED) is 0.912. The molecule has 2 N–H and O–H groups in total. The van der Waals surface area contributed by atoms with E-state index in [0.717, 1.165) is 4.88 Å². The van der Waals surface area contributed by atoms with E-state index in [1.165, 1.54) is 29.7 Å². The fourth-order valence-corrected chi connectivity index (χ4v) is 2.52. The van der Waals surface area contributed by atoms with Crippen molar-refractivity contribution in [3.8, 4) is 0 Å². The summed E-state index contributed by atoms with van der Waals surface area (Å²) in [5.74, 6) is -1.58. The van der Waals surface area contributed by atoms with E-state index >= 15 is 0 Å². The molecule has 2 aromatic heterocycles. The highest BCUT2D eigenvalue weighted by atomic mass is 35.5. The second-order valence-electron chi connectivity index (χ2n) is 3.72. The van der Waals surface area contributed by atoms with Crippen LogP contribution in [0.1, 0.15) is 25.7 Å². The number of aromatic carboxylic acids is 1. The van der Waals surface area contributed by atoms with Crippen LogP contribution in [-0.2, 0) is 0 Å². The van der Waals surface area contributed by atoms with Crippen LogP contribution in [0.3, 0.4) is 0 Å². The normalized spacial score (nSPS) is 10.2. The van der Waals surface area contributed by atoms with Crippen molar-refractivity contribution in [3.63, 3.8) is 0 Å². The number of nitrogens with one attached hydrogen (secondary N) is 1. The summed E-state index contributed by atoms with van der Waals surface area (Å²) in [5.41, 5.74) is 0.202. The summed E-state index contributed by atoms with van der Waals surface area (Å²) in [6.45, 7) is 1.77. The first-order valence-electron chi connectivity index (χ1n) is 5.24. The molecule has 7 heteroatoms. The number of rotatable bonds is 3. The maximum Gasteiger partial charge on any atom is 0.338 e. The van der Waals surface area contributed by atoms with Crippen molar-refractivity contribution in [2.24, 2.45) is 0 Å². The van der Waals surface area contributed by atoms with E-state index in [9.17, 15) is 9.59 Å². The van der Waals surface area contributed by atoms with Crippen LogP contribution in [0, 0.1) is 6.92 Å². The van der Waals surface area contributed by atoms with Gasteiger partial charge in [-0.05, 0) is 25.1 Å². The zero-order valence-electron chi connectivity index (χ0n) is 9.81. The van der Waals surface area contributed by atoms with Crippen molar-refractivity contribution in [2.45, 2.75) is 6.92 Å². The Hall–Kier alpha value is -1.92. The van der Waals surface area contributed by atoms with Gasteiger partial charge in [0.2, 0.25) is 0 Å². The van der Waals surface area contributed by atoms with Crippen LogP contribution in [-0.4, -0.2) is 22.0 Å². The van der Waals surface area contributed by atoms with Gasteiger partial charge >= 0.3 is 5.97 Å². The molecule has 0 unspecified atom stereocenters. The topological polar surface area (TPSA) is 79.3 Å². The molecule has 0 radical (unpaired) electrons. The second kappa shape index (κ2) is 5.38. The largest absolute Gasteiger partial charge is 0.478 e. The van der Waals surface area contributed by atoms with E-state index in [2.05, 4.69) is 10.3 Å². The predicted octanol–water partition coefficient (Wildman–Crippen LogP) is 3.06. The van der Waals surface area contributed by atoms with E-state index in [1.54, 1.807) is 13.0 Å². The number of pyridine rings is 1. The van der Waals surface area contributed by atoms with Gasteiger partial charge in [0.25, 0.3) is 5.91 Å². The lowest BCUT2D eigenvalue weighted by Gasteiger charge is -2.03. The number of aryl methyl sites for hydroxylation is 1. The molecule has 0 aliphatic rings. The molecular formula is C12H9ClN2O3S. The molecule has 0 aliphatic carbocycles. The van der Waals surface area contributed by atoms with E-state index in [4.69, 9.17) is 16.7 Å². The molecule has 98 valence electrons. The number of thiophene rings is 1. The smallest absolute Gasteiger partial charge is 0.338 e. The van der Waals surface area contributed by atoms with Crippen LogP contribution in [0.15, 0.2) is 24.4 Å². The highest BCUT2D eigenvalue weighted by molar-refractivity contribution is 7.16. The summed E-state index contributed by atoms with van der Waals surface area (Å²) < 4.78 is 0. The molecule has 0 saturated heterocycles. The lowest BCUT2D eigenvalue weighted by Crippen LogP contribution is -2.14. The first-order valence-corrected chi connectivity index (χ1v) is 6.43. The molecule has 0 aliphatic heterocycles. The zero-order chi connectivity index (χ0) is 14.0. The number of nitrogens with zero attached hydrogens (tertiary/aromatic N) is 1. The standard InChI is InChI=1S/C12H9ClN2O3S/c1-6-4-8(12(17)18)11(19-6)15-10(16)9-5-7(13)2-3-14-9/h2-5H,1H3,(H,15,16)(H,17,18). The third-order valence-corrected chi connectivity index (χ3v) is 3.47. The Kier molecular flexibility index (Phi) is 3.82. The molecule has 0 fully saturated rings. The van der Waals surface area contributed by atoms with Crippen molar-refractivity contribution in [1.82, 2.24) is 4.98 Å². The summed E-state index contributed by atoms with van der Waals surface area (Å²) in [6, 6.07) is 4.47. The molecule has 2 aromatic rings. The molecule has 0 aromatic carbocycles. The number of hydrogen-bond donors (Lipinski definition) is 2. The lowest BCUT2D eigenvalue weighted by molar-refractivity contribution is 0.0698. The molecule has 2 heterocycles. The molecular weight excluding hydrogens is 288 g/mol. The molecule has 5 nitrogen and oxygen atoms in total. The minimum Gasteiger partial charge on any atom is -0.478 e. The van der Waals surface area contributed by atoms with Crippen molar-refractivity contribution >= 4 is 39.8 Å². The summed E-state index contributed by atoms with van der Waals surface area (Å²) in [5, 5.41) is 12.2. The van der Waals surface area contributed by atoms with Gasteiger partial charge in [0.05, 0.1) is 5.56 Å². The Morgan fingerprint density at radius 2 is 2.16 bits per heavy atom. The number of carboxylic acid groups (broad SMARTS) is 1. The maximum absolute atomic E-state index is 11.9. The molecule has 2 rings (SSSR count). The lowest BCUT2D eigenvalue weighted by atomic mass is 10.3. The van der Waals surface area contributed by atoms with Crippen LogP contribution >= 0.6 is 22.9 Å². The molecule has 0 bridgehead atoms. The summed E-state index contributed by atoms with van der Waals surface area (Å²) in [7, 11) is 0. The van der Waals surface area contributed by atoms with Gasteiger partial charge < -0.3 is 10.4 Å². The van der Waals surface area contributed by atoms with Gasteiger partial charge in [-0.3, -0.25) is 9.78 Å². The van der Waals surface area contributed by atoms with Crippen LogP contribution < -0.4 is 5.32 Å². The number of carboxylic acids is 1. The maximum atomic E-state index is 11.9. The Morgan fingerprint density at radius 3 is 2.79 bits per heavy atom. The SMILES string of the molecule is Cc1cc(C(=O)O)c(NC(=O)c2cc(Cl)ccn2)s1. The van der Waals surface area contributed by atoms with Crippen LogP contribution in [0.4, 0.5) is 5.00 Å². The van der Waals surface area contributed by atoms with Gasteiger partial charge in [-0.25, -0.2) is 4.79 Å². The minimum atomic E-state index is -1.08. The Bertz CT molecular complexity index is 654. The highest BCUT2D eigenvalue weighted by Crippen LogP contribution is 2.28. The average molecular weight is 297 g/mol. The van der Waals surface area contributed by atoms with Crippen molar-refractivity contribution in [3.05, 3.63) is 45.6 Å². The average Bonchev–Trinajstić information content (AvgIpc) is 2.70. The molecule has 19 heavy (non-hydrogen) atoms. The van der Waals surface area contributed by atoms with Gasteiger partial charge in [0, 0.05) is 16.1 Å². The van der Waals surface area contributed by atoms with Gasteiger partial charge in [-0.2, -0.15) is 0 Å². The number of aromatic nitrogens is 1. The van der Waals surface area contributed by atoms with E-state index in [0.29, 0.717) is 5.02 Å². The van der Waals surface area contributed by atoms with Crippen molar-refractivity contribution in [2.75, 3.05) is 5.32 Å². The van der Waals surface area contributed by atoms with E-state index in [-0.39, 0.29) is 16.3 Å². The first-order chi connectivity index (χ1) is 8.97. The number of carbonyl (C=O) groups is 2. The van der Waals surface area contributed by atoms with E-state index in [1.807, 2.05) is 0 Å². The van der Waals surface area contributed by atoms with Crippen LogP contribution in [0.5, 0.6) is 0 Å². The highest BCUT2D eigenvalue weighted by Gasteiger charge is 2.17. The Labute approximate surface area is 117 Å².